The number of benzene rings is 2. The predicted molar refractivity (Wildman–Crippen MR) is 136 cm³/mol. The van der Waals surface area contributed by atoms with E-state index in [2.05, 4.69) is 25.9 Å². The third kappa shape index (κ3) is 5.68. The highest BCUT2D eigenvalue weighted by Gasteiger charge is 2.25. The molecule has 1 saturated carbocycles. The molecule has 1 aliphatic carbocycles. The van der Waals surface area contributed by atoms with Gasteiger partial charge >= 0.3 is 0 Å². The fourth-order valence-corrected chi connectivity index (χ4v) is 5.30. The summed E-state index contributed by atoms with van der Waals surface area (Å²) >= 11 is 0.872. The molecule has 0 unspecified atom stereocenters. The first-order valence-electron chi connectivity index (χ1n) is 11.8. The number of amides is 2. The number of carbonyl (C=O) groups excluding carboxylic acids is 2. The molecule has 0 atom stereocenters. The fourth-order valence-electron chi connectivity index (χ4n) is 4.63. The third-order valence-electron chi connectivity index (χ3n) is 6.54. The van der Waals surface area contributed by atoms with E-state index in [1.54, 1.807) is 24.4 Å². The first-order chi connectivity index (χ1) is 17.0. The van der Waals surface area contributed by atoms with Crippen molar-refractivity contribution < 1.29 is 14.0 Å². The first kappa shape index (κ1) is 23.4. The zero-order valence-corrected chi connectivity index (χ0v) is 19.9. The Morgan fingerprint density at radius 3 is 2.63 bits per heavy atom. The average Bonchev–Trinajstić information content (AvgIpc) is 3.19. The Hall–Kier alpha value is -3.30. The van der Waals surface area contributed by atoms with Crippen LogP contribution >= 0.6 is 11.8 Å². The molecule has 0 radical (unpaired) electrons. The van der Waals surface area contributed by atoms with Crippen LogP contribution in [0.4, 0.5) is 15.1 Å². The Kier molecular flexibility index (Phi) is 7.06. The average molecular weight is 492 g/mol. The molecule has 2 heterocycles. The van der Waals surface area contributed by atoms with E-state index >= 15 is 0 Å². The van der Waals surface area contributed by atoms with Crippen molar-refractivity contribution >= 4 is 45.7 Å². The van der Waals surface area contributed by atoms with Gasteiger partial charge < -0.3 is 10.6 Å². The third-order valence-corrected chi connectivity index (χ3v) is 7.35. The summed E-state index contributed by atoms with van der Waals surface area (Å²) in [4.78, 5) is 32.1. The molecule has 2 amide bonds. The molecule has 1 aromatic heterocycles. The second-order valence-electron chi connectivity index (χ2n) is 8.89. The number of nitrogens with one attached hydrogen (secondary N) is 3. The molecular weight excluding hydrogens is 465 g/mol. The number of imide groups is 1. The zero-order chi connectivity index (χ0) is 24.2. The summed E-state index contributed by atoms with van der Waals surface area (Å²) in [5.41, 5.74) is 1.70. The van der Waals surface area contributed by atoms with Gasteiger partial charge in [-0.1, -0.05) is 30.3 Å². The van der Waals surface area contributed by atoms with Gasteiger partial charge in [0.15, 0.2) is 0 Å². The van der Waals surface area contributed by atoms with Gasteiger partial charge in [-0.25, -0.2) is 14.4 Å². The quantitative estimate of drug-likeness (QED) is 0.407. The number of thioether (sulfide) groups is 1. The van der Waals surface area contributed by atoms with Gasteiger partial charge in [0, 0.05) is 30.7 Å². The highest BCUT2D eigenvalue weighted by Crippen LogP contribution is 2.27. The summed E-state index contributed by atoms with van der Waals surface area (Å²) < 4.78 is 14.1. The van der Waals surface area contributed by atoms with Crippen molar-refractivity contribution in [3.8, 4) is 0 Å². The Balaban J connectivity index is 1.10. The van der Waals surface area contributed by atoms with Crippen LogP contribution < -0.4 is 16.0 Å². The molecule has 9 heteroatoms. The molecule has 0 bridgehead atoms. The summed E-state index contributed by atoms with van der Waals surface area (Å²) in [5, 5.41) is 10.5. The molecule has 2 aromatic carbocycles. The maximum atomic E-state index is 14.1. The largest absolute Gasteiger partial charge is 0.354 e. The van der Waals surface area contributed by atoms with Crippen LogP contribution in [0.25, 0.3) is 16.8 Å². The van der Waals surface area contributed by atoms with Gasteiger partial charge in [-0.05, 0) is 72.5 Å². The first-order valence-corrected chi connectivity index (χ1v) is 12.6. The van der Waals surface area contributed by atoms with Crippen molar-refractivity contribution in [3.05, 3.63) is 70.6 Å². The highest BCUT2D eigenvalue weighted by molar-refractivity contribution is 8.18. The molecular formula is C26H26FN5O2S. The second-order valence-corrected chi connectivity index (χ2v) is 9.90. The number of anilines is 1. The van der Waals surface area contributed by atoms with E-state index in [1.165, 1.54) is 0 Å². The van der Waals surface area contributed by atoms with E-state index in [0.29, 0.717) is 33.9 Å². The van der Waals surface area contributed by atoms with Crippen molar-refractivity contribution in [1.82, 2.24) is 20.6 Å². The Morgan fingerprint density at radius 1 is 1.06 bits per heavy atom. The minimum absolute atomic E-state index is 0.179. The number of fused-ring (bicyclic) bond motifs is 1. The summed E-state index contributed by atoms with van der Waals surface area (Å²) in [6.45, 7) is 1.51. The monoisotopic (exact) mass is 491 g/mol. The summed E-state index contributed by atoms with van der Waals surface area (Å²) in [5.74, 6) is 0.462. The van der Waals surface area contributed by atoms with Crippen LogP contribution in [0, 0.1) is 11.7 Å². The molecule has 2 fully saturated rings. The molecule has 2 aliphatic rings. The summed E-state index contributed by atoms with van der Waals surface area (Å²) in [6.07, 6.45) is 7.59. The van der Waals surface area contributed by atoms with Crippen molar-refractivity contribution in [2.24, 2.45) is 5.92 Å². The van der Waals surface area contributed by atoms with E-state index in [0.717, 1.165) is 61.5 Å². The second kappa shape index (κ2) is 10.5. The van der Waals surface area contributed by atoms with Crippen molar-refractivity contribution in [1.29, 1.82) is 0 Å². The molecule has 3 aromatic rings. The van der Waals surface area contributed by atoms with Gasteiger partial charge in [0.1, 0.15) is 5.82 Å². The topological polar surface area (TPSA) is 96.0 Å². The molecule has 35 heavy (non-hydrogen) atoms. The summed E-state index contributed by atoms with van der Waals surface area (Å²) in [7, 11) is 0. The van der Waals surface area contributed by atoms with Crippen LogP contribution in [-0.2, 0) is 11.3 Å². The van der Waals surface area contributed by atoms with Crippen LogP contribution in [0.2, 0.25) is 0 Å². The Morgan fingerprint density at radius 2 is 1.86 bits per heavy atom. The molecule has 0 spiro atoms. The van der Waals surface area contributed by atoms with Crippen molar-refractivity contribution in [2.75, 3.05) is 11.9 Å². The highest BCUT2D eigenvalue weighted by atomic mass is 32.2. The van der Waals surface area contributed by atoms with Gasteiger partial charge in [0.05, 0.1) is 10.6 Å². The lowest BCUT2D eigenvalue weighted by Gasteiger charge is -2.29. The lowest BCUT2D eigenvalue weighted by atomic mass is 9.86. The molecule has 1 saturated heterocycles. The van der Waals surface area contributed by atoms with Crippen LogP contribution in [0.5, 0.6) is 0 Å². The lowest BCUT2D eigenvalue weighted by Crippen LogP contribution is -2.34. The van der Waals surface area contributed by atoms with Crippen LogP contribution in [0.3, 0.4) is 0 Å². The van der Waals surface area contributed by atoms with E-state index in [9.17, 15) is 14.0 Å². The standard InChI is InChI=1S/C26H26FN5O2S/c27-22-10-7-17(20-3-1-2-4-21(20)22)15-29-18-8-5-16(6-9-18)14-30-25-28-12-11-19(31-25)13-23-24(33)32-26(34)35-23/h1-4,7,10-13,16,18,29H,5-6,8-9,14-15H2,(H,28,30,31)(H,32,33,34)/b23-13-/t16-,18-. The number of rotatable bonds is 7. The fraction of sp³-hybridized carbons (Fsp3) is 0.308. The molecule has 1 aliphatic heterocycles. The van der Waals surface area contributed by atoms with Gasteiger partial charge in [-0.3, -0.25) is 14.9 Å². The zero-order valence-electron chi connectivity index (χ0n) is 19.1. The maximum absolute atomic E-state index is 14.1. The minimum Gasteiger partial charge on any atom is -0.354 e. The number of carbonyl (C=O) groups is 2. The van der Waals surface area contributed by atoms with Crippen molar-refractivity contribution in [2.45, 2.75) is 38.3 Å². The van der Waals surface area contributed by atoms with E-state index in [-0.39, 0.29) is 11.1 Å². The molecule has 3 N–H and O–H groups in total. The molecule has 7 nitrogen and oxygen atoms in total. The van der Waals surface area contributed by atoms with Crippen molar-refractivity contribution in [3.63, 3.8) is 0 Å². The number of hydrogen-bond acceptors (Lipinski definition) is 7. The number of hydrogen-bond donors (Lipinski definition) is 3. The van der Waals surface area contributed by atoms with Crippen LogP contribution in [0.1, 0.15) is 36.9 Å². The van der Waals surface area contributed by atoms with Gasteiger partial charge in [0.2, 0.25) is 5.95 Å². The Bertz CT molecular complexity index is 1290. The molecule has 180 valence electrons. The lowest BCUT2D eigenvalue weighted by molar-refractivity contribution is -0.115. The minimum atomic E-state index is -0.397. The van der Waals surface area contributed by atoms with Gasteiger partial charge in [-0.15, -0.1) is 0 Å². The van der Waals surface area contributed by atoms with Gasteiger partial charge in [0.25, 0.3) is 11.1 Å². The molecule has 5 rings (SSSR count). The van der Waals surface area contributed by atoms with E-state index in [1.807, 2.05) is 30.3 Å². The normalized spacial score (nSPS) is 21.5. The maximum Gasteiger partial charge on any atom is 0.290 e. The summed E-state index contributed by atoms with van der Waals surface area (Å²) in [6, 6.07) is 13.2. The van der Waals surface area contributed by atoms with Crippen LogP contribution in [-0.4, -0.2) is 33.7 Å². The number of halogens is 1. The van der Waals surface area contributed by atoms with E-state index in [4.69, 9.17) is 0 Å². The number of aromatic nitrogens is 2. The smallest absolute Gasteiger partial charge is 0.290 e. The predicted octanol–water partition coefficient (Wildman–Crippen LogP) is 4.85. The number of nitrogens with zero attached hydrogens (tertiary/aromatic N) is 2. The van der Waals surface area contributed by atoms with Gasteiger partial charge in [-0.2, -0.15) is 0 Å². The van der Waals surface area contributed by atoms with E-state index < -0.39 is 5.91 Å². The Labute approximate surface area is 207 Å². The van der Waals surface area contributed by atoms with Crippen LogP contribution in [0.15, 0.2) is 53.6 Å². The SMILES string of the molecule is O=C1NC(=O)/C(=C/c2ccnc(NC[C@H]3CC[C@H](NCc4ccc(F)c5ccccc45)CC3)n2)S1.